The molecule has 0 fully saturated rings. The molecule has 1 atom stereocenters. The summed E-state index contributed by atoms with van der Waals surface area (Å²) in [4.78, 5) is 2.10. The van der Waals surface area contributed by atoms with Crippen LogP contribution in [0.2, 0.25) is 0 Å². The summed E-state index contributed by atoms with van der Waals surface area (Å²) < 4.78 is 5.97. The van der Waals surface area contributed by atoms with Gasteiger partial charge in [-0.2, -0.15) is 0 Å². The van der Waals surface area contributed by atoms with Crippen molar-refractivity contribution in [3.8, 4) is 5.75 Å². The summed E-state index contributed by atoms with van der Waals surface area (Å²) in [5.41, 5.74) is 10.9. The third-order valence-electron chi connectivity index (χ3n) is 4.44. The number of hydrogen-bond donors (Lipinski definition) is 1. The SMILES string of the molecule is Cc1cccc(OCCC(CN)c2ccc(N(C)C)cc2)c1C. The van der Waals surface area contributed by atoms with E-state index in [4.69, 9.17) is 10.5 Å². The van der Waals surface area contributed by atoms with Crippen LogP contribution in [-0.2, 0) is 0 Å². The Morgan fingerprint density at radius 2 is 1.74 bits per heavy atom. The van der Waals surface area contributed by atoms with Crippen LogP contribution in [0.1, 0.15) is 29.0 Å². The maximum atomic E-state index is 5.97. The Hall–Kier alpha value is -2.00. The third kappa shape index (κ3) is 4.49. The Morgan fingerprint density at radius 3 is 2.35 bits per heavy atom. The van der Waals surface area contributed by atoms with Crippen LogP contribution in [-0.4, -0.2) is 27.2 Å². The molecule has 2 aromatic carbocycles. The van der Waals surface area contributed by atoms with Gasteiger partial charge in [-0.15, -0.1) is 0 Å². The number of anilines is 1. The van der Waals surface area contributed by atoms with Crippen LogP contribution in [0.5, 0.6) is 5.75 Å². The van der Waals surface area contributed by atoms with E-state index in [1.165, 1.54) is 22.4 Å². The van der Waals surface area contributed by atoms with E-state index < -0.39 is 0 Å². The van der Waals surface area contributed by atoms with Crippen molar-refractivity contribution in [1.29, 1.82) is 0 Å². The monoisotopic (exact) mass is 312 g/mol. The standard InChI is InChI=1S/C20H28N2O/c1-15-6-5-7-20(16(15)2)23-13-12-18(14-21)17-8-10-19(11-9-17)22(3)4/h5-11,18H,12-14,21H2,1-4H3. The molecule has 0 heterocycles. The van der Waals surface area contributed by atoms with Gasteiger partial charge in [0.25, 0.3) is 0 Å². The van der Waals surface area contributed by atoms with E-state index in [1.807, 2.05) is 26.2 Å². The minimum atomic E-state index is 0.330. The highest BCUT2D eigenvalue weighted by atomic mass is 16.5. The predicted octanol–water partition coefficient (Wildman–Crippen LogP) is 3.88. The molecule has 0 aliphatic carbocycles. The number of benzene rings is 2. The highest BCUT2D eigenvalue weighted by Gasteiger charge is 2.11. The molecule has 2 rings (SSSR count). The average Bonchev–Trinajstić information content (AvgIpc) is 2.55. The normalized spacial score (nSPS) is 12.0. The molecule has 0 radical (unpaired) electrons. The fourth-order valence-corrected chi connectivity index (χ4v) is 2.66. The van der Waals surface area contributed by atoms with Crippen molar-refractivity contribution in [1.82, 2.24) is 0 Å². The number of nitrogens with zero attached hydrogens (tertiary/aromatic N) is 1. The van der Waals surface area contributed by atoms with Crippen LogP contribution in [0.15, 0.2) is 42.5 Å². The molecule has 0 amide bonds. The molecule has 2 aromatic rings. The quantitative estimate of drug-likeness (QED) is 0.843. The second-order valence-electron chi connectivity index (χ2n) is 6.25. The highest BCUT2D eigenvalue weighted by molar-refractivity contribution is 5.46. The number of rotatable bonds is 7. The lowest BCUT2D eigenvalue weighted by Gasteiger charge is -2.18. The smallest absolute Gasteiger partial charge is 0.122 e. The zero-order valence-corrected chi connectivity index (χ0v) is 14.7. The first-order chi connectivity index (χ1) is 11.0. The molecule has 0 saturated heterocycles. The maximum absolute atomic E-state index is 5.97. The molecule has 2 N–H and O–H groups in total. The van der Waals surface area contributed by atoms with Crippen molar-refractivity contribution >= 4 is 5.69 Å². The molecule has 3 heteroatoms. The molecule has 0 spiro atoms. The van der Waals surface area contributed by atoms with Crippen molar-refractivity contribution in [2.45, 2.75) is 26.2 Å². The summed E-state index contributed by atoms with van der Waals surface area (Å²) in [7, 11) is 4.10. The Bertz CT molecular complexity index is 620. The minimum Gasteiger partial charge on any atom is -0.493 e. The van der Waals surface area contributed by atoms with Crippen LogP contribution in [0.4, 0.5) is 5.69 Å². The molecule has 0 aliphatic heterocycles. The van der Waals surface area contributed by atoms with Gasteiger partial charge in [0, 0.05) is 19.8 Å². The number of aryl methyl sites for hydroxylation is 1. The van der Waals surface area contributed by atoms with Gasteiger partial charge in [0.1, 0.15) is 5.75 Å². The second-order valence-corrected chi connectivity index (χ2v) is 6.25. The molecule has 0 bridgehead atoms. The third-order valence-corrected chi connectivity index (χ3v) is 4.44. The zero-order chi connectivity index (χ0) is 16.8. The summed E-state index contributed by atoms with van der Waals surface area (Å²) in [6, 6.07) is 14.8. The van der Waals surface area contributed by atoms with Crippen LogP contribution in [0.25, 0.3) is 0 Å². The molecular weight excluding hydrogens is 284 g/mol. The zero-order valence-electron chi connectivity index (χ0n) is 14.7. The molecule has 0 saturated carbocycles. The van der Waals surface area contributed by atoms with Crippen LogP contribution in [0, 0.1) is 13.8 Å². The van der Waals surface area contributed by atoms with Crippen molar-refractivity contribution in [3.63, 3.8) is 0 Å². The maximum Gasteiger partial charge on any atom is 0.122 e. The summed E-state index contributed by atoms with van der Waals surface area (Å²) in [5.74, 6) is 1.31. The highest BCUT2D eigenvalue weighted by Crippen LogP contribution is 2.24. The van der Waals surface area contributed by atoms with Gasteiger partial charge in [0.2, 0.25) is 0 Å². The fraction of sp³-hybridized carbons (Fsp3) is 0.400. The van der Waals surface area contributed by atoms with Gasteiger partial charge in [-0.05, 0) is 67.6 Å². The van der Waals surface area contributed by atoms with E-state index in [1.54, 1.807) is 0 Å². The van der Waals surface area contributed by atoms with E-state index in [9.17, 15) is 0 Å². The van der Waals surface area contributed by atoms with Crippen molar-refractivity contribution in [2.24, 2.45) is 5.73 Å². The first kappa shape index (κ1) is 17.4. The largest absolute Gasteiger partial charge is 0.493 e. The average molecular weight is 312 g/mol. The summed E-state index contributed by atoms with van der Waals surface area (Å²) in [6.07, 6.45) is 0.922. The minimum absolute atomic E-state index is 0.330. The van der Waals surface area contributed by atoms with Crippen molar-refractivity contribution < 1.29 is 4.74 Å². The topological polar surface area (TPSA) is 38.5 Å². The summed E-state index contributed by atoms with van der Waals surface area (Å²) in [5, 5.41) is 0. The van der Waals surface area contributed by atoms with Crippen LogP contribution < -0.4 is 15.4 Å². The van der Waals surface area contributed by atoms with Crippen LogP contribution in [0.3, 0.4) is 0 Å². The number of nitrogens with two attached hydrogens (primary N) is 1. The van der Waals surface area contributed by atoms with Crippen LogP contribution >= 0.6 is 0 Å². The van der Waals surface area contributed by atoms with Gasteiger partial charge in [-0.1, -0.05) is 24.3 Å². The molecule has 23 heavy (non-hydrogen) atoms. The molecular formula is C20H28N2O. The predicted molar refractivity (Wildman–Crippen MR) is 98.6 cm³/mol. The van der Waals surface area contributed by atoms with E-state index in [-0.39, 0.29) is 0 Å². The van der Waals surface area contributed by atoms with E-state index in [2.05, 4.69) is 49.1 Å². The van der Waals surface area contributed by atoms with Gasteiger partial charge in [-0.3, -0.25) is 0 Å². The lowest BCUT2D eigenvalue weighted by atomic mass is 9.96. The lowest BCUT2D eigenvalue weighted by Crippen LogP contribution is -2.16. The molecule has 124 valence electrons. The Kier molecular flexibility index (Phi) is 6.05. The Labute approximate surface area is 140 Å². The van der Waals surface area contributed by atoms with Gasteiger partial charge in [-0.25, -0.2) is 0 Å². The molecule has 1 unspecified atom stereocenters. The van der Waals surface area contributed by atoms with Crippen molar-refractivity contribution in [2.75, 3.05) is 32.1 Å². The first-order valence-electron chi connectivity index (χ1n) is 8.19. The molecule has 0 aliphatic rings. The van der Waals surface area contributed by atoms with Crippen molar-refractivity contribution in [3.05, 3.63) is 59.2 Å². The molecule has 3 nitrogen and oxygen atoms in total. The Morgan fingerprint density at radius 1 is 1.04 bits per heavy atom. The number of hydrogen-bond acceptors (Lipinski definition) is 3. The van der Waals surface area contributed by atoms with E-state index in [0.29, 0.717) is 19.1 Å². The Balaban J connectivity index is 1.96. The lowest BCUT2D eigenvalue weighted by molar-refractivity contribution is 0.296. The number of ether oxygens (including phenoxy) is 1. The van der Waals surface area contributed by atoms with Gasteiger partial charge in [0.15, 0.2) is 0 Å². The first-order valence-corrected chi connectivity index (χ1v) is 8.19. The second kappa shape index (κ2) is 8.02. The van der Waals surface area contributed by atoms with E-state index >= 15 is 0 Å². The molecule has 0 aromatic heterocycles. The summed E-state index contributed by atoms with van der Waals surface area (Å²) >= 11 is 0. The fourth-order valence-electron chi connectivity index (χ4n) is 2.66. The van der Waals surface area contributed by atoms with Gasteiger partial charge < -0.3 is 15.4 Å². The van der Waals surface area contributed by atoms with Gasteiger partial charge in [0.05, 0.1) is 6.61 Å². The van der Waals surface area contributed by atoms with E-state index in [0.717, 1.165) is 12.2 Å². The van der Waals surface area contributed by atoms with Gasteiger partial charge >= 0.3 is 0 Å². The summed E-state index contributed by atoms with van der Waals surface area (Å²) in [6.45, 7) is 5.53.